The van der Waals surface area contributed by atoms with Gasteiger partial charge in [0.1, 0.15) is 5.75 Å². The van der Waals surface area contributed by atoms with Gasteiger partial charge >= 0.3 is 0 Å². The molecule has 2 amide bonds. The third kappa shape index (κ3) is 7.40. The van der Waals surface area contributed by atoms with Crippen molar-refractivity contribution in [3.05, 3.63) is 59.7 Å². The van der Waals surface area contributed by atoms with Gasteiger partial charge in [0.25, 0.3) is 11.8 Å². The standard InChI is InChI=1S/C25H34N2O4/c1-6-22(31-19-14-12-18(13-15-19)25(2,3)4)24(29)27-21-11-8-7-10-20(21)23(28)26-16-9-17-30-5/h7-8,10-15,22H,6,9,16-17H2,1-5H3,(H,26,28)(H,27,29)/t22-/m1/s1. The van der Waals surface area contributed by atoms with E-state index in [9.17, 15) is 9.59 Å². The molecular weight excluding hydrogens is 392 g/mol. The number of carbonyl (C=O) groups excluding carboxylic acids is 2. The van der Waals surface area contributed by atoms with E-state index in [1.807, 2.05) is 31.2 Å². The Balaban J connectivity index is 2.05. The average Bonchev–Trinajstić information content (AvgIpc) is 2.75. The topological polar surface area (TPSA) is 76.7 Å². The maximum absolute atomic E-state index is 12.9. The predicted molar refractivity (Wildman–Crippen MR) is 124 cm³/mol. The van der Waals surface area contributed by atoms with Gasteiger partial charge in [-0.2, -0.15) is 0 Å². The first-order chi connectivity index (χ1) is 14.8. The summed E-state index contributed by atoms with van der Waals surface area (Å²) in [5.41, 5.74) is 2.12. The van der Waals surface area contributed by atoms with Crippen molar-refractivity contribution in [2.45, 2.75) is 52.1 Å². The summed E-state index contributed by atoms with van der Waals surface area (Å²) in [5.74, 6) is 0.111. The number of methoxy groups -OCH3 is 1. The van der Waals surface area contributed by atoms with Gasteiger partial charge in [0.15, 0.2) is 6.10 Å². The van der Waals surface area contributed by atoms with Crippen molar-refractivity contribution in [2.24, 2.45) is 0 Å². The van der Waals surface area contributed by atoms with Crippen LogP contribution >= 0.6 is 0 Å². The molecule has 31 heavy (non-hydrogen) atoms. The zero-order valence-corrected chi connectivity index (χ0v) is 19.2. The third-order valence-corrected chi connectivity index (χ3v) is 4.90. The molecular formula is C25H34N2O4. The van der Waals surface area contributed by atoms with Gasteiger partial charge in [-0.1, -0.05) is 52.0 Å². The molecule has 2 aromatic carbocycles. The molecule has 0 aliphatic carbocycles. The van der Waals surface area contributed by atoms with Crippen LogP contribution < -0.4 is 15.4 Å². The second-order valence-corrected chi connectivity index (χ2v) is 8.43. The van der Waals surface area contributed by atoms with Gasteiger partial charge in [-0.3, -0.25) is 9.59 Å². The fraction of sp³-hybridized carbons (Fsp3) is 0.440. The molecule has 0 heterocycles. The van der Waals surface area contributed by atoms with Crippen molar-refractivity contribution in [1.82, 2.24) is 5.32 Å². The number of para-hydroxylation sites is 1. The van der Waals surface area contributed by atoms with Crippen LogP contribution in [0.3, 0.4) is 0 Å². The van der Waals surface area contributed by atoms with Crippen LogP contribution in [-0.4, -0.2) is 38.2 Å². The van der Waals surface area contributed by atoms with E-state index in [4.69, 9.17) is 9.47 Å². The lowest BCUT2D eigenvalue weighted by atomic mass is 9.87. The van der Waals surface area contributed by atoms with E-state index in [-0.39, 0.29) is 17.2 Å². The predicted octanol–water partition coefficient (Wildman–Crippen LogP) is 4.55. The van der Waals surface area contributed by atoms with Crippen molar-refractivity contribution < 1.29 is 19.1 Å². The molecule has 1 atom stereocenters. The number of benzene rings is 2. The molecule has 2 N–H and O–H groups in total. The van der Waals surface area contributed by atoms with Gasteiger partial charge in [-0.25, -0.2) is 0 Å². The zero-order valence-electron chi connectivity index (χ0n) is 19.2. The SMILES string of the molecule is CC[C@@H](Oc1ccc(C(C)(C)C)cc1)C(=O)Nc1ccccc1C(=O)NCCCOC. The lowest BCUT2D eigenvalue weighted by Gasteiger charge is -2.21. The molecule has 0 aliphatic rings. The monoisotopic (exact) mass is 426 g/mol. The maximum atomic E-state index is 12.9. The number of amides is 2. The van der Waals surface area contributed by atoms with Gasteiger partial charge in [0, 0.05) is 20.3 Å². The number of hydrogen-bond acceptors (Lipinski definition) is 4. The number of carbonyl (C=O) groups is 2. The fourth-order valence-corrected chi connectivity index (χ4v) is 3.04. The molecule has 0 unspecified atom stereocenters. The number of hydrogen-bond donors (Lipinski definition) is 2. The Hall–Kier alpha value is -2.86. The Labute approximate surface area is 185 Å². The molecule has 0 bridgehead atoms. The first kappa shape index (κ1) is 24.4. The number of rotatable bonds is 10. The molecule has 0 aliphatic heterocycles. The van der Waals surface area contributed by atoms with Crippen molar-refractivity contribution in [3.8, 4) is 5.75 Å². The van der Waals surface area contributed by atoms with Crippen molar-refractivity contribution in [3.63, 3.8) is 0 Å². The van der Waals surface area contributed by atoms with Gasteiger partial charge in [-0.05, 0) is 48.1 Å². The van der Waals surface area contributed by atoms with E-state index < -0.39 is 6.10 Å². The summed E-state index contributed by atoms with van der Waals surface area (Å²) < 4.78 is 10.9. The van der Waals surface area contributed by atoms with Crippen molar-refractivity contribution in [1.29, 1.82) is 0 Å². The normalized spacial score (nSPS) is 12.2. The fourth-order valence-electron chi connectivity index (χ4n) is 3.04. The van der Waals surface area contributed by atoms with E-state index in [2.05, 4.69) is 31.4 Å². The maximum Gasteiger partial charge on any atom is 0.265 e. The summed E-state index contributed by atoms with van der Waals surface area (Å²) in [6.07, 6.45) is 0.549. The third-order valence-electron chi connectivity index (χ3n) is 4.90. The summed E-state index contributed by atoms with van der Waals surface area (Å²) >= 11 is 0. The van der Waals surface area contributed by atoms with Crippen LogP contribution in [0, 0.1) is 0 Å². The van der Waals surface area contributed by atoms with Crippen LogP contribution in [0.1, 0.15) is 56.5 Å². The molecule has 0 saturated heterocycles. The lowest BCUT2D eigenvalue weighted by Crippen LogP contribution is -2.33. The molecule has 0 aromatic heterocycles. The summed E-state index contributed by atoms with van der Waals surface area (Å²) in [6.45, 7) is 9.41. The van der Waals surface area contributed by atoms with E-state index in [0.717, 1.165) is 6.42 Å². The number of anilines is 1. The highest BCUT2D eigenvalue weighted by Gasteiger charge is 2.21. The zero-order chi connectivity index (χ0) is 22.9. The van der Waals surface area contributed by atoms with Gasteiger partial charge in [-0.15, -0.1) is 0 Å². The Bertz CT molecular complexity index is 857. The Kier molecular flexibility index (Phi) is 9.06. The minimum absolute atomic E-state index is 0.0495. The highest BCUT2D eigenvalue weighted by Crippen LogP contribution is 2.25. The second kappa shape index (κ2) is 11.5. The first-order valence-corrected chi connectivity index (χ1v) is 10.7. The smallest absolute Gasteiger partial charge is 0.265 e. The van der Waals surface area contributed by atoms with Crippen molar-refractivity contribution >= 4 is 17.5 Å². The largest absolute Gasteiger partial charge is 0.481 e. The lowest BCUT2D eigenvalue weighted by molar-refractivity contribution is -0.122. The highest BCUT2D eigenvalue weighted by molar-refractivity contribution is 6.04. The number of ether oxygens (including phenoxy) is 2. The summed E-state index contributed by atoms with van der Waals surface area (Å²) in [6, 6.07) is 14.8. The second-order valence-electron chi connectivity index (χ2n) is 8.43. The van der Waals surface area contributed by atoms with E-state index in [1.54, 1.807) is 31.4 Å². The molecule has 168 valence electrons. The molecule has 0 fully saturated rings. The van der Waals surface area contributed by atoms with Crippen molar-refractivity contribution in [2.75, 3.05) is 25.6 Å². The summed E-state index contributed by atoms with van der Waals surface area (Å²) in [5, 5.41) is 5.70. The molecule has 6 nitrogen and oxygen atoms in total. The molecule has 6 heteroatoms. The van der Waals surface area contributed by atoms with E-state index >= 15 is 0 Å². The van der Waals surface area contributed by atoms with Crippen LogP contribution in [-0.2, 0) is 14.9 Å². The summed E-state index contributed by atoms with van der Waals surface area (Å²) in [4.78, 5) is 25.4. The molecule has 0 saturated carbocycles. The Morgan fingerprint density at radius 2 is 1.71 bits per heavy atom. The van der Waals surface area contributed by atoms with E-state index in [1.165, 1.54) is 5.56 Å². The molecule has 0 spiro atoms. The van der Waals surface area contributed by atoms with Gasteiger partial charge in [0.2, 0.25) is 0 Å². The first-order valence-electron chi connectivity index (χ1n) is 10.7. The Morgan fingerprint density at radius 1 is 1.03 bits per heavy atom. The molecule has 2 aromatic rings. The summed E-state index contributed by atoms with van der Waals surface area (Å²) in [7, 11) is 1.62. The minimum atomic E-state index is -0.668. The highest BCUT2D eigenvalue weighted by atomic mass is 16.5. The van der Waals surface area contributed by atoms with Gasteiger partial charge in [0.05, 0.1) is 11.3 Å². The molecule has 2 rings (SSSR count). The van der Waals surface area contributed by atoms with Gasteiger partial charge < -0.3 is 20.1 Å². The van der Waals surface area contributed by atoms with Crippen LogP contribution in [0.4, 0.5) is 5.69 Å². The quantitative estimate of drug-likeness (QED) is 0.547. The van der Waals surface area contributed by atoms with Crippen LogP contribution in [0.25, 0.3) is 0 Å². The van der Waals surface area contributed by atoms with Crippen LogP contribution in [0.2, 0.25) is 0 Å². The minimum Gasteiger partial charge on any atom is -0.481 e. The van der Waals surface area contributed by atoms with Crippen LogP contribution in [0.15, 0.2) is 48.5 Å². The average molecular weight is 427 g/mol. The van der Waals surface area contributed by atoms with E-state index in [0.29, 0.717) is 36.6 Å². The number of nitrogens with one attached hydrogen (secondary N) is 2. The van der Waals surface area contributed by atoms with Crippen LogP contribution in [0.5, 0.6) is 5.75 Å². The molecule has 0 radical (unpaired) electrons. The Morgan fingerprint density at radius 3 is 2.32 bits per heavy atom.